The molecule has 5 nitrogen and oxygen atoms in total. The Labute approximate surface area is 163 Å². The number of methoxy groups -OCH3 is 1. The second kappa shape index (κ2) is 8.10. The molecule has 1 fully saturated rings. The zero-order valence-electron chi connectivity index (χ0n) is 15.3. The van der Waals surface area contributed by atoms with Crippen LogP contribution < -0.4 is 15.0 Å². The van der Waals surface area contributed by atoms with Crippen molar-refractivity contribution in [2.75, 3.05) is 44.0 Å². The van der Waals surface area contributed by atoms with Crippen LogP contribution in [0.5, 0.6) is 5.75 Å². The van der Waals surface area contributed by atoms with E-state index in [1.54, 1.807) is 19.2 Å². The predicted octanol–water partition coefficient (Wildman–Crippen LogP) is 3.85. The molecule has 0 saturated carbocycles. The van der Waals surface area contributed by atoms with Gasteiger partial charge in [-0.25, -0.2) is 0 Å². The molecule has 1 aliphatic rings. The number of likely N-dealkylation sites (N-methyl/N-ethyl adjacent to an activating group) is 1. The van der Waals surface area contributed by atoms with Crippen LogP contribution in [0.4, 0.5) is 11.4 Å². The van der Waals surface area contributed by atoms with Crippen LogP contribution in [0.2, 0.25) is 0 Å². The predicted molar refractivity (Wildman–Crippen MR) is 109 cm³/mol. The first kappa shape index (κ1) is 18.7. The van der Waals surface area contributed by atoms with Gasteiger partial charge in [0.2, 0.25) is 0 Å². The van der Waals surface area contributed by atoms with Gasteiger partial charge in [-0.2, -0.15) is 0 Å². The molecule has 1 saturated heterocycles. The molecule has 6 heteroatoms. The van der Waals surface area contributed by atoms with Gasteiger partial charge < -0.3 is 19.9 Å². The van der Waals surface area contributed by atoms with Crippen molar-refractivity contribution in [3.05, 3.63) is 52.5 Å². The molecule has 3 rings (SSSR count). The van der Waals surface area contributed by atoms with Crippen LogP contribution in [0.25, 0.3) is 0 Å². The number of carbonyl (C=O) groups is 1. The zero-order valence-corrected chi connectivity index (χ0v) is 16.9. The van der Waals surface area contributed by atoms with E-state index >= 15 is 0 Å². The van der Waals surface area contributed by atoms with Gasteiger partial charge in [0.25, 0.3) is 5.91 Å². The van der Waals surface area contributed by atoms with E-state index in [9.17, 15) is 4.79 Å². The van der Waals surface area contributed by atoms with Gasteiger partial charge in [-0.3, -0.25) is 4.79 Å². The maximum Gasteiger partial charge on any atom is 0.255 e. The number of hydrogen-bond acceptors (Lipinski definition) is 4. The summed E-state index contributed by atoms with van der Waals surface area (Å²) in [5, 5.41) is 3.06. The second-order valence-corrected chi connectivity index (χ2v) is 7.54. The number of ether oxygens (including phenoxy) is 1. The zero-order chi connectivity index (χ0) is 18.7. The number of carbonyl (C=O) groups excluding carboxylic acids is 1. The van der Waals surface area contributed by atoms with Gasteiger partial charge in [0.05, 0.1) is 18.5 Å². The van der Waals surface area contributed by atoms with Crippen LogP contribution in [0.1, 0.15) is 17.3 Å². The molecule has 0 radical (unpaired) electrons. The van der Waals surface area contributed by atoms with Crippen molar-refractivity contribution < 1.29 is 9.53 Å². The SMILES string of the molecule is COc1cccc(C(=O)Nc2cc(Br)ccc2N2CCN(C)[C@@H](C)C2)c1. The van der Waals surface area contributed by atoms with Crippen molar-refractivity contribution in [1.29, 1.82) is 0 Å². The molecule has 1 amide bonds. The van der Waals surface area contributed by atoms with Gasteiger partial charge in [-0.05, 0) is 50.4 Å². The van der Waals surface area contributed by atoms with E-state index in [1.165, 1.54) is 0 Å². The lowest BCUT2D eigenvalue weighted by molar-refractivity contribution is 0.102. The Hall–Kier alpha value is -2.05. The number of rotatable bonds is 4. The van der Waals surface area contributed by atoms with Crippen LogP contribution in [0, 0.1) is 0 Å². The lowest BCUT2D eigenvalue weighted by Crippen LogP contribution is -2.50. The molecule has 26 heavy (non-hydrogen) atoms. The Kier molecular flexibility index (Phi) is 5.84. The summed E-state index contributed by atoms with van der Waals surface area (Å²) in [6.45, 7) is 5.09. The number of halogens is 1. The van der Waals surface area contributed by atoms with E-state index < -0.39 is 0 Å². The summed E-state index contributed by atoms with van der Waals surface area (Å²) in [5.41, 5.74) is 2.43. The quantitative estimate of drug-likeness (QED) is 0.820. The highest BCUT2D eigenvalue weighted by molar-refractivity contribution is 9.10. The number of nitrogens with one attached hydrogen (secondary N) is 1. The second-order valence-electron chi connectivity index (χ2n) is 6.62. The molecule has 138 valence electrons. The highest BCUT2D eigenvalue weighted by Crippen LogP contribution is 2.31. The number of amides is 1. The number of hydrogen-bond donors (Lipinski definition) is 1. The van der Waals surface area contributed by atoms with Gasteiger partial charge in [0, 0.05) is 35.7 Å². The van der Waals surface area contributed by atoms with Crippen molar-refractivity contribution in [3.63, 3.8) is 0 Å². The summed E-state index contributed by atoms with van der Waals surface area (Å²) in [7, 11) is 3.74. The first-order chi connectivity index (χ1) is 12.5. The Balaban J connectivity index is 1.85. The van der Waals surface area contributed by atoms with Crippen molar-refractivity contribution >= 4 is 33.2 Å². The minimum absolute atomic E-state index is 0.148. The number of benzene rings is 2. The minimum Gasteiger partial charge on any atom is -0.497 e. The van der Waals surface area contributed by atoms with Crippen LogP contribution in [-0.2, 0) is 0 Å². The molecule has 2 aromatic carbocycles. The molecular formula is C20H24BrN3O2. The Bertz CT molecular complexity index is 796. The third-order valence-electron chi connectivity index (χ3n) is 4.84. The lowest BCUT2D eigenvalue weighted by atomic mass is 10.1. The number of piperazine rings is 1. The number of anilines is 2. The Morgan fingerprint density at radius 2 is 2.04 bits per heavy atom. The van der Waals surface area contributed by atoms with Crippen molar-refractivity contribution in [3.8, 4) is 5.75 Å². The molecule has 0 aromatic heterocycles. The summed E-state index contributed by atoms with van der Waals surface area (Å²) in [5.74, 6) is 0.519. The van der Waals surface area contributed by atoms with E-state index in [1.807, 2.05) is 24.3 Å². The molecule has 1 N–H and O–H groups in total. The Morgan fingerprint density at radius 1 is 1.23 bits per heavy atom. The molecule has 1 aliphatic heterocycles. The van der Waals surface area contributed by atoms with Crippen LogP contribution in [0.3, 0.4) is 0 Å². The Morgan fingerprint density at radius 3 is 2.77 bits per heavy atom. The summed E-state index contributed by atoms with van der Waals surface area (Å²) in [4.78, 5) is 17.4. The van der Waals surface area contributed by atoms with Gasteiger partial charge in [0.1, 0.15) is 5.75 Å². The summed E-state index contributed by atoms with van der Waals surface area (Å²) in [6.07, 6.45) is 0. The molecule has 0 spiro atoms. The van der Waals surface area contributed by atoms with E-state index in [-0.39, 0.29) is 5.91 Å². The van der Waals surface area contributed by atoms with Gasteiger partial charge in [-0.15, -0.1) is 0 Å². The van der Waals surface area contributed by atoms with Crippen molar-refractivity contribution in [2.45, 2.75) is 13.0 Å². The minimum atomic E-state index is -0.148. The van der Waals surface area contributed by atoms with Crippen molar-refractivity contribution in [1.82, 2.24) is 4.90 Å². The van der Waals surface area contributed by atoms with Gasteiger partial charge in [0.15, 0.2) is 0 Å². The first-order valence-electron chi connectivity index (χ1n) is 8.68. The van der Waals surface area contributed by atoms with Gasteiger partial charge >= 0.3 is 0 Å². The van der Waals surface area contributed by atoms with E-state index in [0.29, 0.717) is 17.4 Å². The molecule has 2 aromatic rings. The fourth-order valence-corrected chi connectivity index (χ4v) is 3.47. The summed E-state index contributed by atoms with van der Waals surface area (Å²) < 4.78 is 6.15. The van der Waals surface area contributed by atoms with E-state index in [0.717, 1.165) is 35.5 Å². The third-order valence-corrected chi connectivity index (χ3v) is 5.33. The molecule has 0 bridgehead atoms. The van der Waals surface area contributed by atoms with E-state index in [2.05, 4.69) is 51.1 Å². The summed E-state index contributed by atoms with van der Waals surface area (Å²) >= 11 is 3.51. The summed E-state index contributed by atoms with van der Waals surface area (Å²) in [6, 6.07) is 13.7. The maximum atomic E-state index is 12.7. The fraction of sp³-hybridized carbons (Fsp3) is 0.350. The number of nitrogens with zero attached hydrogens (tertiary/aromatic N) is 2. The normalized spacial score (nSPS) is 17.8. The lowest BCUT2D eigenvalue weighted by Gasteiger charge is -2.39. The monoisotopic (exact) mass is 417 g/mol. The van der Waals surface area contributed by atoms with Crippen LogP contribution in [-0.4, -0.2) is 50.6 Å². The molecule has 0 aliphatic carbocycles. The maximum absolute atomic E-state index is 12.7. The molecular weight excluding hydrogens is 394 g/mol. The first-order valence-corrected chi connectivity index (χ1v) is 9.47. The highest BCUT2D eigenvalue weighted by atomic mass is 79.9. The highest BCUT2D eigenvalue weighted by Gasteiger charge is 2.23. The smallest absolute Gasteiger partial charge is 0.255 e. The largest absolute Gasteiger partial charge is 0.497 e. The molecule has 1 heterocycles. The van der Waals surface area contributed by atoms with Crippen molar-refractivity contribution in [2.24, 2.45) is 0 Å². The van der Waals surface area contributed by atoms with E-state index in [4.69, 9.17) is 4.74 Å². The average molecular weight is 418 g/mol. The third kappa shape index (κ3) is 4.19. The average Bonchev–Trinajstić information content (AvgIpc) is 2.64. The molecule has 0 unspecified atom stereocenters. The topological polar surface area (TPSA) is 44.8 Å². The van der Waals surface area contributed by atoms with Gasteiger partial charge in [-0.1, -0.05) is 22.0 Å². The molecule has 1 atom stereocenters. The van der Waals surface area contributed by atoms with Crippen LogP contribution in [0.15, 0.2) is 46.9 Å². The fourth-order valence-electron chi connectivity index (χ4n) is 3.11. The van der Waals surface area contributed by atoms with Crippen LogP contribution >= 0.6 is 15.9 Å². The standard InChI is InChI=1S/C20H24BrN3O2/c1-14-13-24(10-9-23(14)2)19-8-7-16(21)12-18(19)22-20(25)15-5-4-6-17(11-15)26-3/h4-8,11-12,14H,9-10,13H2,1-3H3,(H,22,25)/t14-/m0/s1.